The van der Waals surface area contributed by atoms with Crippen LogP contribution in [-0.4, -0.2) is 56.0 Å². The molecule has 41 heavy (non-hydrogen) atoms. The molecular formula is C31H32F2N4O4. The van der Waals surface area contributed by atoms with Gasteiger partial charge in [-0.3, -0.25) is 4.90 Å². The summed E-state index contributed by atoms with van der Waals surface area (Å²) in [6, 6.07) is 17.7. The number of hydrogen-bond acceptors (Lipinski definition) is 7. The Hall–Kier alpha value is -3.86. The predicted octanol–water partition coefficient (Wildman–Crippen LogP) is 4.83. The van der Waals surface area contributed by atoms with E-state index in [4.69, 9.17) is 14.5 Å². The summed E-state index contributed by atoms with van der Waals surface area (Å²) in [6.45, 7) is 4.30. The van der Waals surface area contributed by atoms with Gasteiger partial charge in [0.05, 0.1) is 24.6 Å². The van der Waals surface area contributed by atoms with Crippen LogP contribution in [0.4, 0.5) is 8.78 Å². The first-order chi connectivity index (χ1) is 19.7. The molecule has 2 N–H and O–H groups in total. The van der Waals surface area contributed by atoms with E-state index < -0.39 is 18.1 Å². The van der Waals surface area contributed by atoms with Crippen molar-refractivity contribution in [2.24, 2.45) is 5.92 Å². The molecule has 1 aliphatic carbocycles. The Balaban J connectivity index is 1.20. The topological polar surface area (TPSA) is 92.9 Å². The van der Waals surface area contributed by atoms with Gasteiger partial charge in [0.2, 0.25) is 5.88 Å². The Morgan fingerprint density at radius 3 is 2.66 bits per heavy atom. The zero-order valence-corrected chi connectivity index (χ0v) is 22.9. The SMILES string of the molecule is COc1c(C(O)O)cnn1-c1cccc(-c2cccc(C)c2OCc2ccc3c(c2)CCN(CC2CC2(F)F)C3)n1. The van der Waals surface area contributed by atoms with E-state index in [1.54, 1.807) is 6.07 Å². The number of ether oxygens (including phenoxy) is 2. The second-order valence-corrected chi connectivity index (χ2v) is 10.8. The summed E-state index contributed by atoms with van der Waals surface area (Å²) in [4.78, 5) is 6.91. The average Bonchev–Trinajstić information content (AvgIpc) is 3.35. The van der Waals surface area contributed by atoms with Crippen molar-refractivity contribution in [2.45, 2.75) is 45.1 Å². The van der Waals surface area contributed by atoms with E-state index in [9.17, 15) is 19.0 Å². The molecule has 2 aromatic carbocycles. The van der Waals surface area contributed by atoms with Gasteiger partial charge in [-0.2, -0.15) is 9.78 Å². The van der Waals surface area contributed by atoms with Gasteiger partial charge in [-0.15, -0.1) is 0 Å². The quantitative estimate of drug-likeness (QED) is 0.283. The summed E-state index contributed by atoms with van der Waals surface area (Å²) >= 11 is 0. The third-order valence-corrected chi connectivity index (χ3v) is 7.84. The van der Waals surface area contributed by atoms with Crippen molar-refractivity contribution in [3.63, 3.8) is 0 Å². The number of aryl methyl sites for hydroxylation is 1. The average molecular weight is 563 g/mol. The van der Waals surface area contributed by atoms with Crippen molar-refractivity contribution < 1.29 is 28.5 Å². The van der Waals surface area contributed by atoms with Crippen LogP contribution in [0.25, 0.3) is 17.1 Å². The molecule has 214 valence electrons. The van der Waals surface area contributed by atoms with Crippen LogP contribution in [0.5, 0.6) is 11.6 Å². The molecule has 0 bridgehead atoms. The van der Waals surface area contributed by atoms with Gasteiger partial charge in [-0.05, 0) is 53.8 Å². The van der Waals surface area contributed by atoms with Crippen LogP contribution in [0.2, 0.25) is 0 Å². The number of aliphatic hydroxyl groups is 2. The molecule has 2 aromatic heterocycles. The van der Waals surface area contributed by atoms with Crippen LogP contribution in [0.15, 0.2) is 60.8 Å². The van der Waals surface area contributed by atoms with Gasteiger partial charge < -0.3 is 19.7 Å². The number of fused-ring (bicyclic) bond motifs is 1. The molecule has 1 unspecified atom stereocenters. The summed E-state index contributed by atoms with van der Waals surface area (Å²) in [5.74, 6) is -1.63. The van der Waals surface area contributed by atoms with Crippen LogP contribution in [0.3, 0.4) is 0 Å². The lowest BCUT2D eigenvalue weighted by Gasteiger charge is -2.29. The van der Waals surface area contributed by atoms with Crippen LogP contribution in [0, 0.1) is 12.8 Å². The molecule has 1 atom stereocenters. The number of alkyl halides is 2. The molecule has 10 heteroatoms. The first kappa shape index (κ1) is 27.3. The lowest BCUT2D eigenvalue weighted by molar-refractivity contribution is -0.0439. The number of pyridine rings is 1. The zero-order chi connectivity index (χ0) is 28.7. The standard InChI is InChI=1S/C31H32F2N4O4/c1-19-5-3-6-24(26-7-4-8-27(35-26)37-29(40-2)25(15-34-37)30(38)39)28(19)41-18-20-9-10-22-16-36(12-11-21(22)13-20)17-23-14-31(23,32)33/h3-10,13,15,23,30,38-39H,11-12,14,16-18H2,1-2H3. The van der Waals surface area contributed by atoms with E-state index in [-0.39, 0.29) is 17.9 Å². The van der Waals surface area contributed by atoms with Crippen molar-refractivity contribution >= 4 is 0 Å². The van der Waals surface area contributed by atoms with Crippen LogP contribution >= 0.6 is 0 Å². The van der Waals surface area contributed by atoms with Gasteiger partial charge in [0.25, 0.3) is 5.92 Å². The number of methoxy groups -OCH3 is 1. The van der Waals surface area contributed by atoms with Gasteiger partial charge >= 0.3 is 0 Å². The largest absolute Gasteiger partial charge is 0.488 e. The highest BCUT2D eigenvalue weighted by Gasteiger charge is 2.57. The molecule has 1 fully saturated rings. The van der Waals surface area contributed by atoms with E-state index in [0.717, 1.165) is 29.7 Å². The molecule has 1 saturated carbocycles. The lowest BCUT2D eigenvalue weighted by atomic mass is 9.97. The molecule has 4 aromatic rings. The second-order valence-electron chi connectivity index (χ2n) is 10.8. The summed E-state index contributed by atoms with van der Waals surface area (Å²) < 4.78 is 39.9. The zero-order valence-electron chi connectivity index (χ0n) is 22.9. The number of aromatic nitrogens is 3. The number of halogens is 2. The summed E-state index contributed by atoms with van der Waals surface area (Å²) in [6.07, 6.45) is 0.456. The van der Waals surface area contributed by atoms with Gasteiger partial charge in [-0.1, -0.05) is 36.4 Å². The molecule has 1 aliphatic heterocycles. The first-order valence-corrected chi connectivity index (χ1v) is 13.6. The fraction of sp³-hybridized carbons (Fsp3) is 0.355. The summed E-state index contributed by atoms with van der Waals surface area (Å²) in [7, 11) is 1.43. The minimum absolute atomic E-state index is 0.0134. The minimum Gasteiger partial charge on any atom is -0.488 e. The maximum absolute atomic E-state index is 13.4. The highest BCUT2D eigenvalue weighted by atomic mass is 19.3. The van der Waals surface area contributed by atoms with Gasteiger partial charge in [-0.25, -0.2) is 13.8 Å². The number of benzene rings is 2. The Labute approximate surface area is 236 Å². The molecule has 0 radical (unpaired) electrons. The molecule has 8 nitrogen and oxygen atoms in total. The van der Waals surface area contributed by atoms with Gasteiger partial charge in [0.15, 0.2) is 12.1 Å². The normalized spacial score (nSPS) is 17.9. The van der Waals surface area contributed by atoms with Crippen LogP contribution in [0.1, 0.15) is 40.5 Å². The van der Waals surface area contributed by atoms with Crippen molar-refractivity contribution in [2.75, 3.05) is 20.2 Å². The van der Waals surface area contributed by atoms with Crippen molar-refractivity contribution in [3.8, 4) is 28.7 Å². The molecule has 6 rings (SSSR count). The molecular weight excluding hydrogens is 530 g/mol. The summed E-state index contributed by atoms with van der Waals surface area (Å²) in [5, 5.41) is 23.5. The van der Waals surface area contributed by atoms with Crippen molar-refractivity contribution in [3.05, 3.63) is 88.6 Å². The smallest absolute Gasteiger partial charge is 0.252 e. The highest BCUT2D eigenvalue weighted by Crippen LogP contribution is 2.49. The molecule has 0 spiro atoms. The Morgan fingerprint density at radius 2 is 1.90 bits per heavy atom. The Morgan fingerprint density at radius 1 is 1.10 bits per heavy atom. The third-order valence-electron chi connectivity index (χ3n) is 7.84. The van der Waals surface area contributed by atoms with E-state index in [1.165, 1.54) is 29.1 Å². The van der Waals surface area contributed by atoms with Crippen LogP contribution in [-0.2, 0) is 19.6 Å². The number of aliphatic hydroxyl groups excluding tert-OH is 1. The maximum Gasteiger partial charge on any atom is 0.252 e. The lowest BCUT2D eigenvalue weighted by Crippen LogP contribution is -2.33. The minimum atomic E-state index is -2.48. The fourth-order valence-electron chi connectivity index (χ4n) is 5.48. The fourth-order valence-corrected chi connectivity index (χ4v) is 5.48. The molecule has 2 aliphatic rings. The molecule has 0 amide bonds. The molecule has 3 heterocycles. The molecule has 0 saturated heterocycles. The van der Waals surface area contributed by atoms with Crippen molar-refractivity contribution in [1.82, 2.24) is 19.7 Å². The van der Waals surface area contributed by atoms with Gasteiger partial charge in [0, 0.05) is 37.5 Å². The second kappa shape index (κ2) is 10.8. The summed E-state index contributed by atoms with van der Waals surface area (Å²) in [5.41, 5.74) is 6.04. The number of para-hydroxylation sites is 1. The van der Waals surface area contributed by atoms with E-state index in [2.05, 4.69) is 22.1 Å². The number of nitrogens with zero attached hydrogens (tertiary/aromatic N) is 4. The van der Waals surface area contributed by atoms with E-state index in [0.29, 0.717) is 37.0 Å². The monoisotopic (exact) mass is 562 g/mol. The number of rotatable bonds is 9. The Bertz CT molecular complexity index is 1570. The maximum atomic E-state index is 13.4. The van der Waals surface area contributed by atoms with Gasteiger partial charge in [0.1, 0.15) is 12.4 Å². The third kappa shape index (κ3) is 5.55. The van der Waals surface area contributed by atoms with Crippen LogP contribution < -0.4 is 9.47 Å². The highest BCUT2D eigenvalue weighted by molar-refractivity contribution is 5.69. The number of hydrogen-bond donors (Lipinski definition) is 2. The Kier molecular flexibility index (Phi) is 7.23. The van der Waals surface area contributed by atoms with E-state index in [1.807, 2.05) is 43.3 Å². The van der Waals surface area contributed by atoms with Crippen molar-refractivity contribution in [1.29, 1.82) is 0 Å². The first-order valence-electron chi connectivity index (χ1n) is 13.6. The van der Waals surface area contributed by atoms with E-state index >= 15 is 0 Å². The predicted molar refractivity (Wildman–Crippen MR) is 148 cm³/mol.